The van der Waals surface area contributed by atoms with Gasteiger partial charge in [-0.25, -0.2) is 0 Å². The number of nitrogens with one attached hydrogen (secondary N) is 1. The average molecular weight is 233 g/mol. The second-order valence-electron chi connectivity index (χ2n) is 3.51. The molecular formula is C10H14F3N3. The smallest absolute Gasteiger partial charge is 0.271 e. The van der Waals surface area contributed by atoms with Crippen LogP contribution in [0, 0.1) is 0 Å². The van der Waals surface area contributed by atoms with Crippen molar-refractivity contribution >= 4 is 0 Å². The van der Waals surface area contributed by atoms with Crippen molar-refractivity contribution in [3.05, 3.63) is 30.1 Å². The Morgan fingerprint density at radius 1 is 1.44 bits per heavy atom. The highest BCUT2D eigenvalue weighted by Gasteiger charge is 2.26. The second-order valence-corrected chi connectivity index (χ2v) is 3.51. The molecule has 0 bridgehead atoms. The van der Waals surface area contributed by atoms with E-state index >= 15 is 0 Å². The molecule has 0 aliphatic rings. The Hall–Kier alpha value is -1.14. The summed E-state index contributed by atoms with van der Waals surface area (Å²) in [6, 6.07) is 3.23. The van der Waals surface area contributed by atoms with Crippen LogP contribution in [0.2, 0.25) is 0 Å². The molecule has 1 aromatic rings. The molecule has 0 aromatic carbocycles. The van der Waals surface area contributed by atoms with Crippen molar-refractivity contribution in [3.63, 3.8) is 0 Å². The average Bonchev–Trinajstić information content (AvgIpc) is 2.24. The van der Waals surface area contributed by atoms with Gasteiger partial charge in [-0.05, 0) is 24.5 Å². The van der Waals surface area contributed by atoms with E-state index in [0.717, 1.165) is 5.56 Å². The molecule has 1 aromatic heterocycles. The third-order valence-electron chi connectivity index (χ3n) is 2.24. The maximum Gasteiger partial charge on any atom is 0.389 e. The summed E-state index contributed by atoms with van der Waals surface area (Å²) in [7, 11) is 0. The van der Waals surface area contributed by atoms with Crippen LogP contribution in [0.15, 0.2) is 24.5 Å². The SMILES string of the molecule is NNC(CCCC(F)(F)F)c1cccnc1. The van der Waals surface area contributed by atoms with Crippen LogP contribution in [0.3, 0.4) is 0 Å². The third-order valence-corrected chi connectivity index (χ3v) is 2.24. The van der Waals surface area contributed by atoms with Gasteiger partial charge in [-0.3, -0.25) is 16.3 Å². The Balaban J connectivity index is 2.45. The molecule has 1 atom stereocenters. The third kappa shape index (κ3) is 4.59. The molecule has 1 rings (SSSR count). The van der Waals surface area contributed by atoms with Gasteiger partial charge in [0, 0.05) is 24.9 Å². The molecule has 6 heteroatoms. The molecule has 1 unspecified atom stereocenters. The number of nitrogens with two attached hydrogens (primary N) is 1. The monoisotopic (exact) mass is 233 g/mol. The number of hydrogen-bond donors (Lipinski definition) is 2. The quantitative estimate of drug-likeness (QED) is 0.606. The number of aromatic nitrogens is 1. The summed E-state index contributed by atoms with van der Waals surface area (Å²) in [4.78, 5) is 3.89. The van der Waals surface area contributed by atoms with Gasteiger partial charge in [0.1, 0.15) is 0 Å². The number of rotatable bonds is 5. The molecule has 3 N–H and O–H groups in total. The molecule has 0 fully saturated rings. The Morgan fingerprint density at radius 3 is 2.69 bits per heavy atom. The molecule has 0 saturated heterocycles. The van der Waals surface area contributed by atoms with E-state index in [2.05, 4.69) is 10.4 Å². The first-order valence-corrected chi connectivity index (χ1v) is 4.96. The minimum absolute atomic E-state index is 0.0489. The number of halogens is 3. The second kappa shape index (κ2) is 5.81. The lowest BCUT2D eigenvalue weighted by Crippen LogP contribution is -2.28. The van der Waals surface area contributed by atoms with Gasteiger partial charge in [0.15, 0.2) is 0 Å². The van der Waals surface area contributed by atoms with Crippen molar-refractivity contribution in [2.45, 2.75) is 31.5 Å². The normalized spacial score (nSPS) is 13.8. The first-order valence-electron chi connectivity index (χ1n) is 4.96. The molecule has 0 aliphatic carbocycles. The minimum atomic E-state index is -4.10. The molecule has 90 valence electrons. The van der Waals surface area contributed by atoms with Gasteiger partial charge in [-0.2, -0.15) is 13.2 Å². The summed E-state index contributed by atoms with van der Waals surface area (Å²) in [6.45, 7) is 0. The molecule has 0 radical (unpaired) electrons. The van der Waals surface area contributed by atoms with Crippen molar-refractivity contribution in [1.82, 2.24) is 10.4 Å². The standard InChI is InChI=1S/C10H14F3N3/c11-10(12,13)5-1-4-9(16-14)8-3-2-6-15-7-8/h2-3,6-7,9,16H,1,4-5,14H2. The Kier molecular flexibility index (Phi) is 4.70. The molecule has 0 amide bonds. The molecule has 0 aliphatic heterocycles. The number of alkyl halides is 3. The molecule has 16 heavy (non-hydrogen) atoms. The lowest BCUT2D eigenvalue weighted by molar-refractivity contribution is -0.135. The molecule has 0 saturated carbocycles. The highest BCUT2D eigenvalue weighted by molar-refractivity contribution is 5.13. The Morgan fingerprint density at radius 2 is 2.19 bits per heavy atom. The highest BCUT2D eigenvalue weighted by Crippen LogP contribution is 2.25. The van der Waals surface area contributed by atoms with Crippen molar-refractivity contribution in [1.29, 1.82) is 0 Å². The zero-order valence-electron chi connectivity index (χ0n) is 8.67. The van der Waals surface area contributed by atoms with Crippen LogP contribution in [0.4, 0.5) is 13.2 Å². The highest BCUT2D eigenvalue weighted by atomic mass is 19.4. The summed E-state index contributed by atoms with van der Waals surface area (Å²) < 4.78 is 35.8. The van der Waals surface area contributed by atoms with E-state index in [1.165, 1.54) is 0 Å². The van der Waals surface area contributed by atoms with Crippen molar-refractivity contribution in [2.75, 3.05) is 0 Å². The number of pyridine rings is 1. The van der Waals surface area contributed by atoms with Gasteiger partial charge in [0.25, 0.3) is 0 Å². The molecule has 0 spiro atoms. The van der Waals surface area contributed by atoms with Gasteiger partial charge < -0.3 is 0 Å². The first-order chi connectivity index (χ1) is 7.53. The number of nitrogens with zero attached hydrogens (tertiary/aromatic N) is 1. The molecule has 1 heterocycles. The van der Waals surface area contributed by atoms with Crippen molar-refractivity contribution < 1.29 is 13.2 Å². The van der Waals surface area contributed by atoms with E-state index in [1.807, 2.05) is 0 Å². The van der Waals surface area contributed by atoms with E-state index in [4.69, 9.17) is 5.84 Å². The topological polar surface area (TPSA) is 50.9 Å². The van der Waals surface area contributed by atoms with Gasteiger partial charge in [0.05, 0.1) is 0 Å². The summed E-state index contributed by atoms with van der Waals surface area (Å²) in [5.41, 5.74) is 3.30. The zero-order chi connectivity index (χ0) is 12.0. The van der Waals surface area contributed by atoms with Crippen LogP contribution >= 0.6 is 0 Å². The predicted molar refractivity (Wildman–Crippen MR) is 54.2 cm³/mol. The number of hydrogen-bond acceptors (Lipinski definition) is 3. The summed E-state index contributed by atoms with van der Waals surface area (Å²) >= 11 is 0. The van der Waals surface area contributed by atoms with Gasteiger partial charge >= 0.3 is 6.18 Å². The van der Waals surface area contributed by atoms with Gasteiger partial charge in [-0.1, -0.05) is 6.07 Å². The fourth-order valence-electron chi connectivity index (χ4n) is 1.43. The van der Waals surface area contributed by atoms with Crippen LogP contribution in [-0.4, -0.2) is 11.2 Å². The summed E-state index contributed by atoms with van der Waals surface area (Å²) in [6.07, 6.45) is -1.31. The lowest BCUT2D eigenvalue weighted by atomic mass is 10.0. The van der Waals surface area contributed by atoms with Crippen LogP contribution < -0.4 is 11.3 Å². The van der Waals surface area contributed by atoms with Gasteiger partial charge in [-0.15, -0.1) is 0 Å². The summed E-state index contributed by atoms with van der Waals surface area (Å²) in [5.74, 6) is 5.30. The van der Waals surface area contributed by atoms with E-state index in [0.29, 0.717) is 6.42 Å². The van der Waals surface area contributed by atoms with Gasteiger partial charge in [0.2, 0.25) is 0 Å². The largest absolute Gasteiger partial charge is 0.389 e. The maximum atomic E-state index is 11.9. The lowest BCUT2D eigenvalue weighted by Gasteiger charge is -2.16. The van der Waals surface area contributed by atoms with Crippen LogP contribution in [0.1, 0.15) is 30.9 Å². The fraction of sp³-hybridized carbons (Fsp3) is 0.500. The Labute approximate surface area is 91.8 Å². The van der Waals surface area contributed by atoms with E-state index in [1.54, 1.807) is 24.5 Å². The number of hydrazine groups is 1. The fourth-order valence-corrected chi connectivity index (χ4v) is 1.43. The molecule has 3 nitrogen and oxygen atoms in total. The van der Waals surface area contributed by atoms with Crippen molar-refractivity contribution in [3.8, 4) is 0 Å². The van der Waals surface area contributed by atoms with E-state index in [9.17, 15) is 13.2 Å². The Bertz CT molecular complexity index is 300. The van der Waals surface area contributed by atoms with Crippen LogP contribution in [0.25, 0.3) is 0 Å². The molecular weight excluding hydrogens is 219 g/mol. The maximum absolute atomic E-state index is 11.9. The van der Waals surface area contributed by atoms with E-state index < -0.39 is 12.6 Å². The summed E-state index contributed by atoms with van der Waals surface area (Å²) in [5, 5.41) is 0. The van der Waals surface area contributed by atoms with Crippen molar-refractivity contribution in [2.24, 2.45) is 5.84 Å². The zero-order valence-corrected chi connectivity index (χ0v) is 8.67. The van der Waals surface area contributed by atoms with E-state index in [-0.39, 0.29) is 12.5 Å². The first kappa shape index (κ1) is 12.9. The predicted octanol–water partition coefficient (Wildman–Crippen LogP) is 2.32. The van der Waals surface area contributed by atoms with Crippen LogP contribution in [-0.2, 0) is 0 Å². The minimum Gasteiger partial charge on any atom is -0.271 e. The van der Waals surface area contributed by atoms with Crippen LogP contribution in [0.5, 0.6) is 0 Å².